The third-order valence-electron chi connectivity index (χ3n) is 5.36. The molecule has 1 atom stereocenters. The Morgan fingerprint density at radius 3 is 2.76 bits per heavy atom. The quantitative estimate of drug-likeness (QED) is 0.782. The molecular formula is C18H25N5OS. The van der Waals surface area contributed by atoms with Gasteiger partial charge in [-0.3, -0.25) is 4.79 Å². The lowest BCUT2D eigenvalue weighted by molar-refractivity contribution is 0.100. The van der Waals surface area contributed by atoms with Crippen LogP contribution in [0, 0.1) is 0 Å². The number of primary amides is 1. The van der Waals surface area contributed by atoms with Crippen molar-refractivity contribution in [3.8, 4) is 0 Å². The van der Waals surface area contributed by atoms with Gasteiger partial charge in [-0.05, 0) is 56.2 Å². The Morgan fingerprint density at radius 1 is 1.28 bits per heavy atom. The molecule has 1 amide bonds. The molecule has 2 fully saturated rings. The summed E-state index contributed by atoms with van der Waals surface area (Å²) in [5.41, 5.74) is 13.6. The number of nitrogen functional groups attached to an aromatic ring is 1. The van der Waals surface area contributed by atoms with E-state index < -0.39 is 5.91 Å². The number of aromatic nitrogens is 1. The summed E-state index contributed by atoms with van der Waals surface area (Å²) in [4.78, 5) is 20.3. The molecule has 0 aliphatic carbocycles. The maximum atomic E-state index is 11.8. The molecule has 4 heterocycles. The Balaban J connectivity index is 1.86. The smallest absolute Gasteiger partial charge is 0.260 e. The first-order valence-electron chi connectivity index (χ1n) is 9.13. The topological polar surface area (TPSA) is 97.3 Å². The number of thiophene rings is 1. The maximum Gasteiger partial charge on any atom is 0.260 e. The molecule has 0 aromatic carbocycles. The number of rotatable bonds is 3. The minimum Gasteiger partial charge on any atom is -0.397 e. The summed E-state index contributed by atoms with van der Waals surface area (Å²) in [6.07, 6.45) is 5.99. The molecule has 134 valence electrons. The van der Waals surface area contributed by atoms with Crippen molar-refractivity contribution in [2.75, 3.05) is 36.8 Å². The van der Waals surface area contributed by atoms with Gasteiger partial charge in [0.25, 0.3) is 5.91 Å². The van der Waals surface area contributed by atoms with Crippen molar-refractivity contribution < 1.29 is 4.79 Å². The molecule has 7 heteroatoms. The Bertz CT molecular complexity index is 790. The summed E-state index contributed by atoms with van der Waals surface area (Å²) in [7, 11) is 0. The number of nitrogens with zero attached hydrogens (tertiary/aromatic N) is 2. The summed E-state index contributed by atoms with van der Waals surface area (Å²) >= 11 is 1.33. The van der Waals surface area contributed by atoms with Gasteiger partial charge in [-0.25, -0.2) is 4.98 Å². The molecule has 6 nitrogen and oxygen atoms in total. The van der Waals surface area contributed by atoms with E-state index in [0.717, 1.165) is 55.1 Å². The molecule has 0 saturated carbocycles. The van der Waals surface area contributed by atoms with Crippen LogP contribution in [0.5, 0.6) is 0 Å². The van der Waals surface area contributed by atoms with Crippen LogP contribution in [0.1, 0.15) is 53.3 Å². The van der Waals surface area contributed by atoms with Gasteiger partial charge in [0, 0.05) is 25.0 Å². The number of nitrogens with two attached hydrogens (primary N) is 2. The summed E-state index contributed by atoms with van der Waals surface area (Å²) < 4.78 is 0. The van der Waals surface area contributed by atoms with E-state index in [0.29, 0.717) is 16.5 Å². The number of pyridine rings is 1. The Hall–Kier alpha value is -1.86. The van der Waals surface area contributed by atoms with Gasteiger partial charge < -0.3 is 21.7 Å². The monoisotopic (exact) mass is 359 g/mol. The van der Waals surface area contributed by atoms with Crippen LogP contribution in [-0.4, -0.2) is 37.1 Å². The van der Waals surface area contributed by atoms with Gasteiger partial charge in [0.15, 0.2) is 0 Å². The predicted molar refractivity (Wildman–Crippen MR) is 103 cm³/mol. The maximum absolute atomic E-state index is 11.8. The lowest BCUT2D eigenvalue weighted by Crippen LogP contribution is -2.31. The number of nitrogens with one attached hydrogen (secondary N) is 1. The third-order valence-corrected chi connectivity index (χ3v) is 6.47. The molecule has 2 aliphatic heterocycles. The lowest BCUT2D eigenvalue weighted by Gasteiger charge is -2.30. The zero-order chi connectivity index (χ0) is 17.4. The predicted octanol–water partition coefficient (Wildman–Crippen LogP) is 2.43. The summed E-state index contributed by atoms with van der Waals surface area (Å²) in [5.74, 6) is 0.957. The fourth-order valence-corrected chi connectivity index (χ4v) is 5.02. The minimum atomic E-state index is -0.465. The van der Waals surface area contributed by atoms with Gasteiger partial charge in [0.2, 0.25) is 0 Å². The molecule has 1 unspecified atom stereocenters. The van der Waals surface area contributed by atoms with E-state index in [1.54, 1.807) is 0 Å². The number of hydrogen-bond donors (Lipinski definition) is 3. The molecule has 4 rings (SSSR count). The van der Waals surface area contributed by atoms with Crippen molar-refractivity contribution in [2.45, 2.75) is 38.0 Å². The number of hydrogen-bond acceptors (Lipinski definition) is 6. The molecule has 0 spiro atoms. The van der Waals surface area contributed by atoms with E-state index in [-0.39, 0.29) is 0 Å². The molecule has 25 heavy (non-hydrogen) atoms. The first-order chi connectivity index (χ1) is 12.1. The zero-order valence-electron chi connectivity index (χ0n) is 14.4. The molecule has 2 aliphatic rings. The van der Waals surface area contributed by atoms with E-state index in [9.17, 15) is 4.79 Å². The van der Waals surface area contributed by atoms with Gasteiger partial charge in [-0.2, -0.15) is 0 Å². The fourth-order valence-electron chi connectivity index (χ4n) is 4.04. The number of piperidine rings is 2. The van der Waals surface area contributed by atoms with Crippen molar-refractivity contribution in [1.82, 2.24) is 10.3 Å². The first kappa shape index (κ1) is 16.6. The second-order valence-corrected chi connectivity index (χ2v) is 8.05. The van der Waals surface area contributed by atoms with Crippen molar-refractivity contribution in [1.29, 1.82) is 0 Å². The summed E-state index contributed by atoms with van der Waals surface area (Å²) in [5, 5.41) is 4.42. The largest absolute Gasteiger partial charge is 0.397 e. The molecule has 0 radical (unpaired) electrons. The van der Waals surface area contributed by atoms with Crippen LogP contribution in [0.25, 0.3) is 10.2 Å². The highest BCUT2D eigenvalue weighted by Gasteiger charge is 2.25. The van der Waals surface area contributed by atoms with Gasteiger partial charge in [-0.15, -0.1) is 11.3 Å². The van der Waals surface area contributed by atoms with Crippen LogP contribution in [0.4, 0.5) is 11.5 Å². The van der Waals surface area contributed by atoms with Gasteiger partial charge in [0.05, 0.1) is 5.69 Å². The number of anilines is 2. The highest BCUT2D eigenvalue weighted by Crippen LogP contribution is 2.41. The molecule has 0 bridgehead atoms. The molecule has 2 saturated heterocycles. The summed E-state index contributed by atoms with van der Waals surface area (Å²) in [6, 6.07) is 2.21. The van der Waals surface area contributed by atoms with Crippen LogP contribution >= 0.6 is 11.3 Å². The van der Waals surface area contributed by atoms with E-state index >= 15 is 0 Å². The van der Waals surface area contributed by atoms with E-state index in [1.165, 1.54) is 36.2 Å². The fraction of sp³-hybridized carbons (Fsp3) is 0.556. The second kappa shape index (κ2) is 6.80. The van der Waals surface area contributed by atoms with Crippen LogP contribution in [0.3, 0.4) is 0 Å². The first-order valence-corrected chi connectivity index (χ1v) is 9.95. The van der Waals surface area contributed by atoms with Crippen molar-refractivity contribution in [3.05, 3.63) is 16.5 Å². The SMILES string of the molecule is NC(=O)c1sc2nc(N3CCCCC3)cc(C3CCCNC3)c2c1N. The molecule has 2 aromatic rings. The van der Waals surface area contributed by atoms with E-state index in [2.05, 4.69) is 16.3 Å². The van der Waals surface area contributed by atoms with Gasteiger partial charge in [0.1, 0.15) is 15.5 Å². The highest BCUT2D eigenvalue weighted by molar-refractivity contribution is 7.21. The van der Waals surface area contributed by atoms with Crippen molar-refractivity contribution >= 4 is 39.0 Å². The normalized spacial score (nSPS) is 21.6. The van der Waals surface area contributed by atoms with Crippen LogP contribution in [0.15, 0.2) is 6.07 Å². The second-order valence-electron chi connectivity index (χ2n) is 7.05. The van der Waals surface area contributed by atoms with Gasteiger partial charge >= 0.3 is 0 Å². The third kappa shape index (κ3) is 3.06. The Kier molecular flexibility index (Phi) is 4.52. The van der Waals surface area contributed by atoms with E-state index in [1.807, 2.05) is 0 Å². The average Bonchev–Trinajstić information content (AvgIpc) is 2.99. The standard InChI is InChI=1S/C18H25N5OS/c19-15-14-12(11-5-4-6-21-10-11)9-13(23-7-2-1-3-8-23)22-18(14)25-16(15)17(20)24/h9,11,21H,1-8,10,19H2,(H2,20,24). The number of carbonyl (C=O) groups excluding carboxylic acids is 1. The van der Waals surface area contributed by atoms with E-state index in [4.69, 9.17) is 16.5 Å². The van der Waals surface area contributed by atoms with Crippen molar-refractivity contribution in [2.24, 2.45) is 5.73 Å². The van der Waals surface area contributed by atoms with Crippen molar-refractivity contribution in [3.63, 3.8) is 0 Å². The summed E-state index contributed by atoms with van der Waals surface area (Å²) in [6.45, 7) is 4.10. The number of fused-ring (bicyclic) bond motifs is 1. The van der Waals surface area contributed by atoms with Crippen LogP contribution in [0.2, 0.25) is 0 Å². The Labute approximate surface area is 151 Å². The number of carbonyl (C=O) groups is 1. The zero-order valence-corrected chi connectivity index (χ0v) is 15.2. The molecule has 5 N–H and O–H groups in total. The van der Waals surface area contributed by atoms with Gasteiger partial charge in [-0.1, -0.05) is 0 Å². The van der Waals surface area contributed by atoms with Crippen LogP contribution < -0.4 is 21.7 Å². The number of amides is 1. The highest BCUT2D eigenvalue weighted by atomic mass is 32.1. The molecular weight excluding hydrogens is 334 g/mol. The van der Waals surface area contributed by atoms with Crippen LogP contribution in [-0.2, 0) is 0 Å². The minimum absolute atomic E-state index is 0.403. The lowest BCUT2D eigenvalue weighted by atomic mass is 9.89. The average molecular weight is 359 g/mol. The Morgan fingerprint density at radius 2 is 2.08 bits per heavy atom. The molecule has 2 aromatic heterocycles.